The highest BCUT2D eigenvalue weighted by molar-refractivity contribution is 5.82. The summed E-state index contributed by atoms with van der Waals surface area (Å²) in [4.78, 5) is 26.8. The molecule has 5 rings (SSSR count). The van der Waals surface area contributed by atoms with Crippen LogP contribution in [0.4, 0.5) is 15.0 Å². The van der Waals surface area contributed by atoms with Crippen LogP contribution < -0.4 is 10.5 Å². The van der Waals surface area contributed by atoms with Gasteiger partial charge >= 0.3 is 6.09 Å². The number of aliphatic hydroxyl groups excluding tert-OH is 3. The van der Waals surface area contributed by atoms with E-state index in [0.29, 0.717) is 30.8 Å². The summed E-state index contributed by atoms with van der Waals surface area (Å²) in [7, 11) is 0. The average molecular weight is 527 g/mol. The number of hydrogen-bond donors (Lipinski definition) is 4. The summed E-state index contributed by atoms with van der Waals surface area (Å²) < 4.78 is 25.3. The lowest BCUT2D eigenvalue weighted by atomic mass is 9.94. The van der Waals surface area contributed by atoms with Gasteiger partial charge in [0.1, 0.15) is 35.4 Å². The Kier molecular flexibility index (Phi) is 7.39. The molecule has 4 atom stereocenters. The number of nitrogen functional groups attached to an aromatic ring is 1. The smallest absolute Gasteiger partial charge is 0.410 e. The summed E-state index contributed by atoms with van der Waals surface area (Å²) in [5.41, 5.74) is 6.63. The van der Waals surface area contributed by atoms with Crippen LogP contribution in [0.2, 0.25) is 0 Å². The fourth-order valence-corrected chi connectivity index (χ4v) is 4.55. The van der Waals surface area contributed by atoms with Gasteiger partial charge in [-0.15, -0.1) is 0 Å². The lowest BCUT2D eigenvalue weighted by molar-refractivity contribution is -0.0511. The van der Waals surface area contributed by atoms with Gasteiger partial charge in [0.05, 0.1) is 12.9 Å². The van der Waals surface area contributed by atoms with Crippen LogP contribution in [0.15, 0.2) is 30.6 Å². The number of piperidine rings is 1. The molecule has 12 nitrogen and oxygen atoms in total. The third kappa shape index (κ3) is 5.25. The average Bonchev–Trinajstić information content (AvgIpc) is 3.46. The first-order valence-corrected chi connectivity index (χ1v) is 12.2. The molecule has 1 aromatic carbocycles. The van der Waals surface area contributed by atoms with Crippen molar-refractivity contribution < 1.29 is 34.0 Å². The molecule has 5 N–H and O–H groups in total. The van der Waals surface area contributed by atoms with Gasteiger partial charge in [-0.2, -0.15) is 0 Å². The van der Waals surface area contributed by atoms with Crippen molar-refractivity contribution in [2.75, 3.05) is 25.4 Å². The molecule has 0 saturated carbocycles. The topological polar surface area (TPSA) is 169 Å². The van der Waals surface area contributed by atoms with E-state index in [2.05, 4.69) is 26.8 Å². The number of aromatic nitrogens is 4. The van der Waals surface area contributed by atoms with E-state index < -0.39 is 43.1 Å². The van der Waals surface area contributed by atoms with Crippen LogP contribution >= 0.6 is 0 Å². The zero-order valence-corrected chi connectivity index (χ0v) is 20.3. The van der Waals surface area contributed by atoms with Crippen LogP contribution in [-0.2, 0) is 4.74 Å². The molecule has 2 aliphatic heterocycles. The Morgan fingerprint density at radius 3 is 2.61 bits per heavy atom. The molecule has 2 fully saturated rings. The van der Waals surface area contributed by atoms with Crippen molar-refractivity contribution in [3.05, 3.63) is 42.2 Å². The number of benzene rings is 1. The summed E-state index contributed by atoms with van der Waals surface area (Å²) >= 11 is 0. The van der Waals surface area contributed by atoms with Crippen molar-refractivity contribution in [1.82, 2.24) is 24.4 Å². The first-order valence-electron chi connectivity index (χ1n) is 12.2. The zero-order chi connectivity index (χ0) is 26.8. The minimum Gasteiger partial charge on any atom is -0.410 e. The van der Waals surface area contributed by atoms with Crippen LogP contribution in [0.25, 0.3) is 11.2 Å². The number of halogens is 1. The number of aliphatic hydroxyl groups is 3. The van der Waals surface area contributed by atoms with Crippen molar-refractivity contribution in [3.63, 3.8) is 0 Å². The standard InChI is InChI=1S/C25H27FN6O6/c26-15-4-6-16(7-5-15)37-25(36)31-10-8-14(9-11-31)2-1-3-18-29-22(27)19-23(30-18)32(13-28-19)24-21(35)20(34)17(12-33)38-24/h4-7,13-14,17,20-21,24,33-35H,2,8-12H2,(H2,27,29,30)/t17-,20?,21+,24-/m1/s1. The molecular weight excluding hydrogens is 499 g/mol. The molecular formula is C25H27FN6O6. The lowest BCUT2D eigenvalue weighted by Gasteiger charge is -2.30. The molecule has 4 heterocycles. The molecule has 2 aromatic heterocycles. The summed E-state index contributed by atoms with van der Waals surface area (Å²) in [5, 5.41) is 29.8. The molecule has 0 bridgehead atoms. The fraction of sp³-hybridized carbons (Fsp3) is 0.440. The largest absolute Gasteiger partial charge is 0.415 e. The van der Waals surface area contributed by atoms with Gasteiger partial charge in [-0.1, -0.05) is 5.92 Å². The number of nitrogens with zero attached hydrogens (tertiary/aromatic N) is 5. The van der Waals surface area contributed by atoms with Gasteiger partial charge < -0.3 is 35.4 Å². The molecule has 2 saturated heterocycles. The summed E-state index contributed by atoms with van der Waals surface area (Å²) in [6, 6.07) is 5.29. The van der Waals surface area contributed by atoms with Crippen LogP contribution in [0.1, 0.15) is 31.3 Å². The first kappa shape index (κ1) is 25.8. The lowest BCUT2D eigenvalue weighted by Crippen LogP contribution is -2.40. The number of rotatable bonds is 4. The van der Waals surface area contributed by atoms with Crippen LogP contribution in [-0.4, -0.2) is 83.8 Å². The maximum atomic E-state index is 13.0. The minimum atomic E-state index is -1.30. The van der Waals surface area contributed by atoms with Crippen molar-refractivity contribution in [2.45, 2.75) is 43.8 Å². The van der Waals surface area contributed by atoms with E-state index in [1.807, 2.05) is 0 Å². The third-order valence-corrected chi connectivity index (χ3v) is 6.72. The van der Waals surface area contributed by atoms with Gasteiger partial charge in [0, 0.05) is 19.5 Å². The first-order chi connectivity index (χ1) is 18.3. The second kappa shape index (κ2) is 10.9. The maximum absolute atomic E-state index is 13.0. The molecule has 1 unspecified atom stereocenters. The van der Waals surface area contributed by atoms with Crippen LogP contribution in [0.5, 0.6) is 5.75 Å². The molecule has 200 valence electrons. The molecule has 38 heavy (non-hydrogen) atoms. The second-order valence-corrected chi connectivity index (χ2v) is 9.24. The Morgan fingerprint density at radius 2 is 1.92 bits per heavy atom. The van der Waals surface area contributed by atoms with Gasteiger partial charge in [0.2, 0.25) is 5.82 Å². The van der Waals surface area contributed by atoms with E-state index in [4.69, 9.17) is 15.2 Å². The molecule has 2 aliphatic rings. The van der Waals surface area contributed by atoms with E-state index in [1.54, 1.807) is 4.90 Å². The third-order valence-electron chi connectivity index (χ3n) is 6.72. The Hall–Kier alpha value is -3.83. The number of likely N-dealkylation sites (tertiary alicyclic amines) is 1. The number of imidazole rings is 1. The SMILES string of the molecule is Nc1nc(C#CCC2CCN(C(=O)Oc3ccc(F)cc3)CC2)nc2c1ncn2[C@@H]1O[C@H](CO)C(O)[C@@H]1O. The Morgan fingerprint density at radius 1 is 1.18 bits per heavy atom. The van der Waals surface area contributed by atoms with Gasteiger partial charge in [-0.3, -0.25) is 4.57 Å². The van der Waals surface area contributed by atoms with E-state index in [1.165, 1.54) is 35.2 Å². The number of amides is 1. The van der Waals surface area contributed by atoms with E-state index in [9.17, 15) is 24.5 Å². The molecule has 0 spiro atoms. The zero-order valence-electron chi connectivity index (χ0n) is 20.3. The van der Waals surface area contributed by atoms with Gasteiger partial charge in [-0.05, 0) is 48.9 Å². The van der Waals surface area contributed by atoms with Gasteiger partial charge in [-0.25, -0.2) is 24.1 Å². The van der Waals surface area contributed by atoms with Crippen molar-refractivity contribution in [1.29, 1.82) is 0 Å². The van der Waals surface area contributed by atoms with Crippen LogP contribution in [0, 0.1) is 23.6 Å². The van der Waals surface area contributed by atoms with Gasteiger partial charge in [0.25, 0.3) is 0 Å². The Bertz CT molecular complexity index is 1360. The number of ether oxygens (including phenoxy) is 2. The molecule has 13 heteroatoms. The molecule has 3 aromatic rings. The quantitative estimate of drug-likeness (QED) is 0.357. The van der Waals surface area contributed by atoms with Crippen molar-refractivity contribution in [3.8, 4) is 17.6 Å². The Balaban J connectivity index is 1.20. The number of carbonyl (C=O) groups is 1. The maximum Gasteiger partial charge on any atom is 0.415 e. The number of fused-ring (bicyclic) bond motifs is 1. The highest BCUT2D eigenvalue weighted by Gasteiger charge is 2.44. The summed E-state index contributed by atoms with van der Waals surface area (Å²) in [5.74, 6) is 6.44. The summed E-state index contributed by atoms with van der Waals surface area (Å²) in [6.07, 6.45) is -1.56. The van der Waals surface area contributed by atoms with Crippen LogP contribution in [0.3, 0.4) is 0 Å². The highest BCUT2D eigenvalue weighted by Crippen LogP contribution is 2.32. The number of hydrogen-bond acceptors (Lipinski definition) is 10. The highest BCUT2D eigenvalue weighted by atomic mass is 19.1. The fourth-order valence-electron chi connectivity index (χ4n) is 4.55. The minimum absolute atomic E-state index is 0.109. The number of nitrogens with two attached hydrogens (primary N) is 1. The predicted octanol–water partition coefficient (Wildman–Crippen LogP) is 0.812. The number of anilines is 1. The predicted molar refractivity (Wildman–Crippen MR) is 131 cm³/mol. The second-order valence-electron chi connectivity index (χ2n) is 9.24. The van der Waals surface area contributed by atoms with E-state index in [0.717, 1.165) is 12.8 Å². The molecule has 0 radical (unpaired) electrons. The molecule has 0 aliphatic carbocycles. The van der Waals surface area contributed by atoms with Crippen molar-refractivity contribution >= 4 is 23.1 Å². The Labute approximate surface area is 216 Å². The normalized spacial score (nSPS) is 23.8. The molecule has 1 amide bonds. The van der Waals surface area contributed by atoms with Gasteiger partial charge in [0.15, 0.2) is 17.7 Å². The monoisotopic (exact) mass is 526 g/mol. The summed E-state index contributed by atoms with van der Waals surface area (Å²) in [6.45, 7) is 0.584. The van der Waals surface area contributed by atoms with E-state index in [-0.39, 0.29) is 23.2 Å². The number of carbonyl (C=O) groups excluding carboxylic acids is 1. The van der Waals surface area contributed by atoms with E-state index >= 15 is 0 Å². The van der Waals surface area contributed by atoms with Crippen molar-refractivity contribution in [2.24, 2.45) is 5.92 Å².